The molecular weight excluding hydrogens is 622 g/mol. The van der Waals surface area contributed by atoms with E-state index in [-0.39, 0.29) is 18.3 Å². The van der Waals surface area contributed by atoms with Crippen LogP contribution < -0.4 is 10.2 Å². The van der Waals surface area contributed by atoms with Gasteiger partial charge < -0.3 is 33.9 Å². The van der Waals surface area contributed by atoms with Crippen molar-refractivity contribution in [1.82, 2.24) is 4.98 Å². The molecule has 0 spiro atoms. The molecule has 0 aliphatic heterocycles. The van der Waals surface area contributed by atoms with E-state index < -0.39 is 5.60 Å². The summed E-state index contributed by atoms with van der Waals surface area (Å²) < 4.78 is 27.4. The third-order valence-electron chi connectivity index (χ3n) is 7.50. The zero-order valence-electron chi connectivity index (χ0n) is 30.2. The van der Waals surface area contributed by atoms with Gasteiger partial charge in [0.1, 0.15) is 5.60 Å². The summed E-state index contributed by atoms with van der Waals surface area (Å²) in [6.45, 7) is 17.3. The monoisotopic (exact) mass is 677 g/mol. The van der Waals surface area contributed by atoms with E-state index in [9.17, 15) is 9.59 Å². The first-order valence-corrected chi connectivity index (χ1v) is 17.3. The van der Waals surface area contributed by atoms with E-state index in [0.717, 1.165) is 59.7 Å². The van der Waals surface area contributed by atoms with Crippen LogP contribution in [-0.2, 0) is 34.9 Å². The van der Waals surface area contributed by atoms with E-state index in [4.69, 9.17) is 23.7 Å². The van der Waals surface area contributed by atoms with Crippen molar-refractivity contribution in [3.8, 4) is 11.3 Å². The van der Waals surface area contributed by atoms with Gasteiger partial charge in [0.2, 0.25) is 0 Å². The number of pyridine rings is 1. The van der Waals surface area contributed by atoms with Crippen molar-refractivity contribution in [3.05, 3.63) is 77.5 Å². The Morgan fingerprint density at radius 2 is 1.45 bits per heavy atom. The number of aromatic nitrogens is 1. The third-order valence-corrected chi connectivity index (χ3v) is 7.50. The Morgan fingerprint density at radius 3 is 2.08 bits per heavy atom. The molecule has 1 N–H and O–H groups in total. The molecule has 268 valence electrons. The second-order valence-electron chi connectivity index (χ2n) is 12.7. The maximum absolute atomic E-state index is 13.4. The number of aryl methyl sites for hydroxylation is 2. The zero-order valence-corrected chi connectivity index (χ0v) is 30.2. The average Bonchev–Trinajstić information content (AvgIpc) is 3.07. The Hall–Kier alpha value is -3.83. The Bertz CT molecular complexity index is 1440. The Balaban J connectivity index is 1.33. The van der Waals surface area contributed by atoms with E-state index in [1.54, 1.807) is 6.20 Å². The predicted octanol–water partition coefficient (Wildman–Crippen LogP) is 6.89. The Kier molecular flexibility index (Phi) is 17.2. The van der Waals surface area contributed by atoms with E-state index in [1.807, 2.05) is 76.2 Å². The zero-order chi connectivity index (χ0) is 35.5. The highest BCUT2D eigenvalue weighted by atomic mass is 16.6. The van der Waals surface area contributed by atoms with Gasteiger partial charge in [-0.1, -0.05) is 12.1 Å². The molecular formula is C39H55N3O7. The summed E-state index contributed by atoms with van der Waals surface area (Å²) in [5.41, 5.74) is 5.86. The SMILES string of the molecule is CCN(CC)c1ccc(NC(=O)c2cccc(CCCOCCOCCOCCOCCC(=O)OC(C)(C)C)c2)c(-c2cc(C)ccn2)c1. The highest BCUT2D eigenvalue weighted by Crippen LogP contribution is 2.32. The van der Waals surface area contributed by atoms with Gasteiger partial charge in [-0.3, -0.25) is 14.6 Å². The van der Waals surface area contributed by atoms with Crippen molar-refractivity contribution in [2.45, 2.75) is 66.4 Å². The van der Waals surface area contributed by atoms with Crippen molar-refractivity contribution in [3.63, 3.8) is 0 Å². The van der Waals surface area contributed by atoms with Crippen molar-refractivity contribution in [1.29, 1.82) is 0 Å². The minimum Gasteiger partial charge on any atom is -0.460 e. The van der Waals surface area contributed by atoms with Crippen LogP contribution in [-0.4, -0.2) is 88.4 Å². The lowest BCUT2D eigenvalue weighted by Gasteiger charge is -2.23. The fourth-order valence-corrected chi connectivity index (χ4v) is 5.07. The van der Waals surface area contributed by atoms with Crippen LogP contribution in [0.4, 0.5) is 11.4 Å². The maximum atomic E-state index is 13.4. The molecule has 10 heteroatoms. The summed E-state index contributed by atoms with van der Waals surface area (Å²) in [7, 11) is 0. The van der Waals surface area contributed by atoms with Crippen LogP contribution in [0.3, 0.4) is 0 Å². The smallest absolute Gasteiger partial charge is 0.308 e. The van der Waals surface area contributed by atoms with Gasteiger partial charge in [-0.2, -0.15) is 0 Å². The molecule has 10 nitrogen and oxygen atoms in total. The van der Waals surface area contributed by atoms with E-state index >= 15 is 0 Å². The fraction of sp³-hybridized carbons (Fsp3) is 0.513. The molecule has 0 unspecified atom stereocenters. The van der Waals surface area contributed by atoms with Crippen LogP contribution >= 0.6 is 0 Å². The van der Waals surface area contributed by atoms with Gasteiger partial charge in [-0.05, 0) is 108 Å². The third kappa shape index (κ3) is 15.1. The second-order valence-corrected chi connectivity index (χ2v) is 12.7. The summed E-state index contributed by atoms with van der Waals surface area (Å²) in [6.07, 6.45) is 3.66. The molecule has 0 bridgehead atoms. The number of hydrogen-bond donors (Lipinski definition) is 1. The van der Waals surface area contributed by atoms with Crippen LogP contribution in [0.2, 0.25) is 0 Å². The van der Waals surface area contributed by atoms with Crippen LogP contribution in [0.15, 0.2) is 60.8 Å². The van der Waals surface area contributed by atoms with E-state index in [1.165, 1.54) is 0 Å². The summed E-state index contributed by atoms with van der Waals surface area (Å²) in [5.74, 6) is -0.424. The summed E-state index contributed by atoms with van der Waals surface area (Å²) >= 11 is 0. The molecule has 0 aliphatic carbocycles. The van der Waals surface area contributed by atoms with Crippen molar-refractivity contribution in [2.24, 2.45) is 0 Å². The largest absolute Gasteiger partial charge is 0.460 e. The lowest BCUT2D eigenvalue weighted by molar-refractivity contribution is -0.156. The molecule has 0 saturated heterocycles. The van der Waals surface area contributed by atoms with Crippen molar-refractivity contribution < 1.29 is 33.3 Å². The maximum Gasteiger partial charge on any atom is 0.308 e. The number of carbonyl (C=O) groups is 2. The number of ether oxygens (including phenoxy) is 5. The van der Waals surface area contributed by atoms with Gasteiger partial charge in [0, 0.05) is 42.7 Å². The lowest BCUT2D eigenvalue weighted by atomic mass is 10.0. The minimum atomic E-state index is -0.480. The van der Waals surface area contributed by atoms with Crippen LogP contribution in [0, 0.1) is 6.92 Å². The second kappa shape index (κ2) is 21.3. The lowest BCUT2D eigenvalue weighted by Crippen LogP contribution is -2.24. The van der Waals surface area contributed by atoms with Crippen LogP contribution in [0.1, 0.15) is 68.9 Å². The normalized spacial score (nSPS) is 11.4. The number of nitrogens with zero attached hydrogens (tertiary/aromatic N) is 2. The summed E-state index contributed by atoms with van der Waals surface area (Å²) in [6, 6.07) is 17.9. The number of anilines is 2. The number of carbonyl (C=O) groups excluding carboxylic acids is 2. The van der Waals surface area contributed by atoms with Gasteiger partial charge in [-0.15, -0.1) is 0 Å². The van der Waals surface area contributed by atoms with Gasteiger partial charge in [0.15, 0.2) is 0 Å². The first-order chi connectivity index (χ1) is 23.6. The first kappa shape index (κ1) is 39.6. The molecule has 1 amide bonds. The average molecular weight is 678 g/mol. The number of amides is 1. The number of esters is 1. The molecule has 2 aromatic carbocycles. The Labute approximate surface area is 292 Å². The van der Waals surface area contributed by atoms with E-state index in [0.29, 0.717) is 58.4 Å². The minimum absolute atomic E-state index is 0.158. The number of nitrogens with one attached hydrogen (secondary N) is 1. The topological polar surface area (TPSA) is 108 Å². The first-order valence-electron chi connectivity index (χ1n) is 17.3. The quantitative estimate of drug-likeness (QED) is 0.0899. The molecule has 3 aromatic rings. The Morgan fingerprint density at radius 1 is 0.796 bits per heavy atom. The fourth-order valence-electron chi connectivity index (χ4n) is 5.07. The van der Waals surface area contributed by atoms with Crippen LogP contribution in [0.5, 0.6) is 0 Å². The number of hydrogen-bond acceptors (Lipinski definition) is 9. The van der Waals surface area contributed by atoms with Gasteiger partial charge in [-0.25, -0.2) is 0 Å². The molecule has 3 rings (SSSR count). The molecule has 0 fully saturated rings. The molecule has 1 aromatic heterocycles. The van der Waals surface area contributed by atoms with Gasteiger partial charge in [0.05, 0.1) is 64.1 Å². The molecule has 49 heavy (non-hydrogen) atoms. The van der Waals surface area contributed by atoms with Crippen molar-refractivity contribution in [2.75, 3.05) is 76.2 Å². The number of rotatable bonds is 22. The van der Waals surface area contributed by atoms with Crippen molar-refractivity contribution >= 4 is 23.3 Å². The summed E-state index contributed by atoms with van der Waals surface area (Å²) in [5, 5.41) is 3.14. The molecule has 1 heterocycles. The molecule has 0 aliphatic rings. The standard InChI is InChI=1S/C39H55N3O7/c1-7-42(8-2)33-14-15-35(34(29-33)36-27-30(3)16-18-40-36)41-38(44)32-13-9-11-31(28-32)12-10-19-45-21-23-47-25-26-48-24-22-46-20-17-37(43)49-39(4,5)6/h9,11,13-16,18,27-29H,7-8,10,12,17,19-26H2,1-6H3,(H,41,44). The molecule has 0 radical (unpaired) electrons. The molecule has 0 atom stereocenters. The van der Waals surface area contributed by atoms with E-state index in [2.05, 4.69) is 35.1 Å². The molecule has 0 saturated carbocycles. The predicted molar refractivity (Wildman–Crippen MR) is 194 cm³/mol. The highest BCUT2D eigenvalue weighted by molar-refractivity contribution is 6.06. The summed E-state index contributed by atoms with van der Waals surface area (Å²) in [4.78, 5) is 31.9. The number of benzene rings is 2. The van der Waals surface area contributed by atoms with Crippen LogP contribution in [0.25, 0.3) is 11.3 Å². The highest BCUT2D eigenvalue weighted by Gasteiger charge is 2.16. The van der Waals surface area contributed by atoms with Gasteiger partial charge in [0.25, 0.3) is 5.91 Å². The van der Waals surface area contributed by atoms with Gasteiger partial charge >= 0.3 is 5.97 Å².